The fraction of sp³-hybridized carbons (Fsp3) is 0.917. The lowest BCUT2D eigenvalue weighted by Crippen LogP contribution is -2.59. The van der Waals surface area contributed by atoms with Gasteiger partial charge in [-0.15, -0.1) is 0 Å². The van der Waals surface area contributed by atoms with Gasteiger partial charge in [-0.2, -0.15) is 0 Å². The van der Waals surface area contributed by atoms with Crippen molar-refractivity contribution in [2.75, 3.05) is 21.2 Å². The van der Waals surface area contributed by atoms with Crippen LogP contribution in [0.2, 0.25) is 0 Å². The maximum absolute atomic E-state index is 14.2. The zero-order valence-electron chi connectivity index (χ0n) is 31.4. The number of ether oxygens (including phenoxy) is 7. The molecule has 4 rings (SSSR count). The molecule has 4 N–H and O–H groups in total. The highest BCUT2D eigenvalue weighted by Gasteiger charge is 2.58. The Morgan fingerprint density at radius 1 is 1.08 bits per heavy atom. The van der Waals surface area contributed by atoms with Gasteiger partial charge in [-0.25, -0.2) is 0 Å². The molecule has 0 aliphatic carbocycles. The smallest absolute Gasteiger partial charge is 0.311 e. The third-order valence-corrected chi connectivity index (χ3v) is 11.8. The number of cyclic esters (lactones) is 1. The van der Waals surface area contributed by atoms with Crippen LogP contribution >= 0.6 is 0 Å². The summed E-state index contributed by atoms with van der Waals surface area (Å²) in [6, 6.07) is -0.370. The fourth-order valence-electron chi connectivity index (χ4n) is 8.70. The summed E-state index contributed by atoms with van der Waals surface area (Å²) in [5.41, 5.74) is -3.74. The minimum atomic E-state index is -1.79. The van der Waals surface area contributed by atoms with Gasteiger partial charge < -0.3 is 58.5 Å². The van der Waals surface area contributed by atoms with E-state index in [-0.39, 0.29) is 24.8 Å². The van der Waals surface area contributed by atoms with Gasteiger partial charge in [0.2, 0.25) is 6.29 Å². The molecule has 6 unspecified atom stereocenters. The van der Waals surface area contributed by atoms with Crippen LogP contribution in [-0.4, -0.2) is 137 Å². The minimum Gasteiger partial charge on any atom is -0.470 e. The molecule has 4 heterocycles. The fourth-order valence-corrected chi connectivity index (χ4v) is 8.70. The molecule has 0 aromatic heterocycles. The lowest BCUT2D eigenvalue weighted by molar-refractivity contribution is -0.307. The molecule has 0 spiro atoms. The Morgan fingerprint density at radius 2 is 1.73 bits per heavy atom. The zero-order valence-corrected chi connectivity index (χ0v) is 31.4. The van der Waals surface area contributed by atoms with Crippen LogP contribution in [-0.2, 0) is 38.0 Å². The van der Waals surface area contributed by atoms with Gasteiger partial charge in [0.1, 0.15) is 23.9 Å². The van der Waals surface area contributed by atoms with Crippen molar-refractivity contribution in [3.8, 4) is 0 Å². The molecular formula is C36H63NO12. The number of aliphatic hydroxyl groups is 4. The topological polar surface area (TPSA) is 166 Å². The predicted octanol–water partition coefficient (Wildman–Crippen LogP) is 2.36. The Hall–Kier alpha value is -1.39. The molecule has 18 atom stereocenters. The van der Waals surface area contributed by atoms with Gasteiger partial charge in [-0.3, -0.25) is 4.79 Å². The van der Waals surface area contributed by atoms with E-state index in [0.717, 1.165) is 0 Å². The molecular weight excluding hydrogens is 638 g/mol. The number of carbonyl (C=O) groups excluding carboxylic acids is 1. The van der Waals surface area contributed by atoms with Crippen molar-refractivity contribution in [3.05, 3.63) is 12.3 Å². The Labute approximate surface area is 292 Å². The van der Waals surface area contributed by atoms with Crippen LogP contribution < -0.4 is 0 Å². The molecule has 0 amide bonds. The van der Waals surface area contributed by atoms with Crippen LogP contribution in [0.5, 0.6) is 0 Å². The lowest BCUT2D eigenvalue weighted by Gasteiger charge is -2.47. The first-order valence-electron chi connectivity index (χ1n) is 17.9. The molecule has 3 fully saturated rings. The Morgan fingerprint density at radius 3 is 2.33 bits per heavy atom. The molecule has 0 radical (unpaired) electrons. The number of hydrogen-bond acceptors (Lipinski definition) is 13. The highest BCUT2D eigenvalue weighted by molar-refractivity contribution is 5.73. The summed E-state index contributed by atoms with van der Waals surface area (Å²) in [5.74, 6) is -2.72. The van der Waals surface area contributed by atoms with E-state index in [4.69, 9.17) is 33.2 Å². The molecule has 0 saturated carbocycles. The number of nitrogens with zero attached hydrogens (tertiary/aromatic N) is 1. The van der Waals surface area contributed by atoms with E-state index >= 15 is 0 Å². The monoisotopic (exact) mass is 701 g/mol. The molecule has 13 heteroatoms. The summed E-state index contributed by atoms with van der Waals surface area (Å²) in [7, 11) is 5.24. The van der Waals surface area contributed by atoms with Crippen molar-refractivity contribution in [1.82, 2.24) is 4.90 Å². The first-order valence-corrected chi connectivity index (χ1v) is 17.9. The normalized spacial score (nSPS) is 48.3. The maximum Gasteiger partial charge on any atom is 0.311 e. The number of esters is 1. The SMILES string of the molecule is CC[C@@H](O)[C@@](C)(O)[C@@H]1OC(=O)[C@H](C)[C@@H](O[C@H]2CC(C)(OC)[C@@H](O)C(C)O2)[C@H](C)[C@@H](O[C@@H]2OC=CC(N(C)C)C2O)[C@@]2(C)CC(C)C(O2)[C@@H]1C. The van der Waals surface area contributed by atoms with E-state index in [2.05, 4.69) is 0 Å². The lowest BCUT2D eigenvalue weighted by atomic mass is 9.76. The second-order valence-electron chi connectivity index (χ2n) is 16.0. The molecule has 2 bridgehead atoms. The van der Waals surface area contributed by atoms with Crippen molar-refractivity contribution in [1.29, 1.82) is 0 Å². The quantitative estimate of drug-likeness (QED) is 0.259. The van der Waals surface area contributed by atoms with Crippen LogP contribution in [0.1, 0.15) is 81.6 Å². The van der Waals surface area contributed by atoms with Crippen LogP contribution in [0, 0.1) is 23.7 Å². The first-order chi connectivity index (χ1) is 22.7. The molecule has 13 nitrogen and oxygen atoms in total. The number of methoxy groups -OCH3 is 1. The number of fused-ring (bicyclic) bond motifs is 2. The van der Waals surface area contributed by atoms with Crippen molar-refractivity contribution in [2.24, 2.45) is 23.7 Å². The average molecular weight is 702 g/mol. The van der Waals surface area contributed by atoms with Crippen molar-refractivity contribution in [2.45, 2.75) is 166 Å². The van der Waals surface area contributed by atoms with E-state index in [1.54, 1.807) is 33.8 Å². The highest BCUT2D eigenvalue weighted by atomic mass is 16.7. The second-order valence-corrected chi connectivity index (χ2v) is 16.0. The van der Waals surface area contributed by atoms with Crippen LogP contribution in [0.25, 0.3) is 0 Å². The van der Waals surface area contributed by atoms with Gasteiger partial charge in [0.25, 0.3) is 0 Å². The largest absolute Gasteiger partial charge is 0.470 e. The molecule has 4 aliphatic rings. The summed E-state index contributed by atoms with van der Waals surface area (Å²) >= 11 is 0. The third-order valence-electron chi connectivity index (χ3n) is 11.8. The molecule has 284 valence electrons. The van der Waals surface area contributed by atoms with Crippen molar-refractivity contribution in [3.63, 3.8) is 0 Å². The van der Waals surface area contributed by atoms with Crippen molar-refractivity contribution >= 4 is 5.97 Å². The number of aliphatic hydroxyl groups excluding tert-OH is 3. The van der Waals surface area contributed by atoms with Gasteiger partial charge in [0.15, 0.2) is 6.29 Å². The summed E-state index contributed by atoms with van der Waals surface area (Å²) in [4.78, 5) is 16.1. The highest BCUT2D eigenvalue weighted by Crippen LogP contribution is 2.48. The van der Waals surface area contributed by atoms with Crippen LogP contribution in [0.3, 0.4) is 0 Å². The van der Waals surface area contributed by atoms with E-state index in [9.17, 15) is 25.2 Å². The van der Waals surface area contributed by atoms with E-state index < -0.39 is 102 Å². The van der Waals surface area contributed by atoms with Gasteiger partial charge in [0.05, 0.1) is 59.9 Å². The standard InChI is InChI=1S/C36H63NO12/c1-13-24(38)36(9,42)31-19(3)27-18(2)16-35(8,49-27)30(48-33-26(39)23(37(10)11)14-15-44-33)20(4)28(21(5)32(41)47-31)46-25-17-34(7,43-12)29(40)22(6)45-25/h14-15,18-31,33,38-40,42H,13,16-17H2,1-12H3/t18?,19-,20-,21+,22?,23?,24+,25-,26?,27?,28-,29-,30+,31+,33-,34?,35+,36+/m0/s1. The minimum absolute atomic E-state index is 0.0664. The number of hydrogen-bond donors (Lipinski definition) is 4. The van der Waals surface area contributed by atoms with Crippen LogP contribution in [0.4, 0.5) is 0 Å². The molecule has 49 heavy (non-hydrogen) atoms. The Kier molecular flexibility index (Phi) is 12.6. The average Bonchev–Trinajstić information content (AvgIpc) is 3.36. The molecule has 3 saturated heterocycles. The third kappa shape index (κ3) is 7.86. The molecule has 0 aromatic rings. The van der Waals surface area contributed by atoms with E-state index in [1.807, 2.05) is 46.7 Å². The Balaban J connectivity index is 1.82. The first kappa shape index (κ1) is 40.4. The molecule has 0 aromatic carbocycles. The van der Waals surface area contributed by atoms with Crippen LogP contribution in [0.15, 0.2) is 12.3 Å². The van der Waals surface area contributed by atoms with E-state index in [1.165, 1.54) is 20.3 Å². The summed E-state index contributed by atoms with van der Waals surface area (Å²) in [5, 5.41) is 45.0. The van der Waals surface area contributed by atoms with E-state index in [0.29, 0.717) is 6.42 Å². The summed E-state index contributed by atoms with van der Waals surface area (Å²) in [6.07, 6.45) is -4.73. The zero-order chi connectivity index (χ0) is 36.8. The van der Waals surface area contributed by atoms with Crippen molar-refractivity contribution < 1.29 is 58.4 Å². The van der Waals surface area contributed by atoms with Gasteiger partial charge in [-0.1, -0.05) is 27.7 Å². The maximum atomic E-state index is 14.2. The Bertz CT molecular complexity index is 1150. The summed E-state index contributed by atoms with van der Waals surface area (Å²) in [6.45, 7) is 16.3. The number of carbonyl (C=O) groups is 1. The van der Waals surface area contributed by atoms with Gasteiger partial charge in [0, 0.05) is 25.4 Å². The molecule has 4 aliphatic heterocycles. The van der Waals surface area contributed by atoms with Gasteiger partial charge >= 0.3 is 5.97 Å². The summed E-state index contributed by atoms with van der Waals surface area (Å²) < 4.78 is 44.4. The number of likely N-dealkylation sites (N-methyl/N-ethyl adjacent to an activating group) is 1. The van der Waals surface area contributed by atoms with Gasteiger partial charge in [-0.05, 0) is 73.5 Å². The second kappa shape index (κ2) is 15.3. The number of rotatable bonds is 9. The predicted molar refractivity (Wildman–Crippen MR) is 179 cm³/mol.